The standard InChI is InChI=1S/C92H51ClO9Si3/c1-85(2,3)96-98-87-71-61-51-41-36-31-32-34-35-33(31)38-44-42(36)52(51)62-64-54(44)58-48(38)50-40(35)46-45-39(34)49-47-37(32)43(41)53-57(47)67-69-59(49)55(45)65-66-56(46)60(50)70-68(58)78-74(64)88(72(62)71,99-97-86(4,5)6)82-81(87)83-90(100-103(7,8)28-22-16-13-17-23-28)84(82)95-92(78,102-105(11,12)30-26-20-15-21-27-30)80(70)76(66)89(90,93)75(65)79(69)91(94-83,77(67)73(87)63(53)61)101-104(9,10)29-24-18-14-19-25-29/h13-27H,1-12H3. The molecule has 24 aromatic rings. The smallest absolute Gasteiger partial charge is 0.257 e. The van der Waals surface area contributed by atoms with Crippen LogP contribution in [0.15, 0.2) is 114 Å². The predicted octanol–water partition coefficient (Wildman–Crippen LogP) is 20.8. The van der Waals surface area contributed by atoms with Gasteiger partial charge in [-0.2, -0.15) is 0 Å². The van der Waals surface area contributed by atoms with Gasteiger partial charge in [-0.1, -0.05) is 91.0 Å². The van der Waals surface area contributed by atoms with Crippen molar-refractivity contribution < 1.29 is 42.3 Å². The molecular weight excluding hydrogens is 1370 g/mol. The SMILES string of the molecule is CC(C)(C)OOC12C3=C4OC5(O[Si](C)(C)c6ccccc6)c6c1c1c7c2c2c8c9c%10c%11c%12c%13c%14c%15c%16c%17c(c5c5c6c6c1c1c%18c7c8c7c8c9c%12c9c%12c%13c%16c%13c%16c%17c5c5c6c1c1c(c%187)c(c98)c(c%12%13)c1c5%16)C%15(Cl)C4(O[Si](C)(C)c1ccccc1)C(=C3C%102OOC(C)(C)C)OC%11%14O[Si](C)(C)c1ccccc1. The summed E-state index contributed by atoms with van der Waals surface area (Å²) in [5, 5.41) is 56.5. The Morgan fingerprint density at radius 2 is 0.486 bits per heavy atom. The number of alkyl halides is 1. The molecule has 0 spiro atoms. The van der Waals surface area contributed by atoms with Crippen molar-refractivity contribution in [2.45, 2.75) is 125 Å². The van der Waals surface area contributed by atoms with E-state index in [2.05, 4.69) is 172 Å². The van der Waals surface area contributed by atoms with Crippen LogP contribution in [0.2, 0.25) is 39.3 Å². The summed E-state index contributed by atoms with van der Waals surface area (Å²) in [5.41, 5.74) is 4.40. The first-order valence-electron chi connectivity index (χ1n) is 37.9. The highest BCUT2D eigenvalue weighted by molar-refractivity contribution is 6.86. The van der Waals surface area contributed by atoms with Gasteiger partial charge in [0.1, 0.15) is 16.4 Å². The Bertz CT molecular complexity index is 8160. The van der Waals surface area contributed by atoms with E-state index in [9.17, 15) is 34.4 Å². The highest BCUT2D eigenvalue weighted by Gasteiger charge is 2.86. The molecule has 105 heavy (non-hydrogen) atoms. The Balaban J connectivity index is 0.962. The largest absolute Gasteiger partial charge is 0.455 e. The predicted molar refractivity (Wildman–Crippen MR) is 424 cm³/mol. The molecule has 4 unspecified atom stereocenters. The molecule has 0 radical (unpaired) electrons. The summed E-state index contributed by atoms with van der Waals surface area (Å²) < 4.78 is 46.8. The number of benzene rings is 18. The van der Waals surface area contributed by atoms with Crippen molar-refractivity contribution in [1.29, 1.82) is 0 Å². The lowest BCUT2D eigenvalue weighted by Gasteiger charge is -2.48. The van der Waals surface area contributed by atoms with E-state index in [4.69, 9.17) is 19.6 Å². The van der Waals surface area contributed by atoms with Crippen molar-refractivity contribution >= 4 is 268 Å². The molecule has 0 saturated heterocycles. The second kappa shape index (κ2) is 13.2. The van der Waals surface area contributed by atoms with E-state index >= 15 is 0 Å². The van der Waals surface area contributed by atoms with E-state index in [1.54, 1.807) is 0 Å². The van der Waals surface area contributed by atoms with Crippen LogP contribution in [0.4, 0.5) is 0 Å². The van der Waals surface area contributed by atoms with E-state index in [0.29, 0.717) is 11.5 Å². The minimum Gasteiger partial charge on any atom is -0.455 e. The molecule has 11 aliphatic rings. The van der Waals surface area contributed by atoms with Crippen molar-refractivity contribution in [3.8, 4) is 0 Å². The average molecular weight is 1420 g/mol. The van der Waals surface area contributed by atoms with Gasteiger partial charge in [0.15, 0.2) is 11.2 Å². The first-order valence-corrected chi connectivity index (χ1v) is 47.0. The Labute approximate surface area is 600 Å². The summed E-state index contributed by atoms with van der Waals surface area (Å²) in [6.07, 6.45) is 0. The third kappa shape index (κ3) is 3.87. The first kappa shape index (κ1) is 52.0. The summed E-state index contributed by atoms with van der Waals surface area (Å²) in [6.45, 7) is 27.1. The highest BCUT2D eigenvalue weighted by Crippen LogP contribution is 2.89. The van der Waals surface area contributed by atoms with Gasteiger partial charge in [-0.25, -0.2) is 19.6 Å². The molecule has 4 bridgehead atoms. The van der Waals surface area contributed by atoms with Gasteiger partial charge >= 0.3 is 0 Å². The molecule has 7 aliphatic carbocycles. The molecule has 4 atom stereocenters. The normalized spacial score (nSPS) is 26.3. The van der Waals surface area contributed by atoms with Crippen molar-refractivity contribution in [2.24, 2.45) is 0 Å². The Kier molecular flexibility index (Phi) is 6.53. The monoisotopic (exact) mass is 1420 g/mol. The van der Waals surface area contributed by atoms with Crippen LogP contribution < -0.4 is 15.6 Å². The van der Waals surface area contributed by atoms with Crippen molar-refractivity contribution in [3.05, 3.63) is 169 Å². The first-order chi connectivity index (χ1) is 50.5. The Hall–Kier alpha value is -9.10. The summed E-state index contributed by atoms with van der Waals surface area (Å²) in [4.78, 5) is 30.7. The minimum atomic E-state index is -3.52. The van der Waals surface area contributed by atoms with Crippen LogP contribution in [-0.2, 0) is 70.0 Å². The third-order valence-corrected chi connectivity index (χ3v) is 38.6. The molecule has 9 nitrogen and oxygen atoms in total. The number of rotatable bonds is 13. The fraction of sp³-hybridized carbons (Fsp3) is 0.217. The van der Waals surface area contributed by atoms with Gasteiger partial charge in [0.25, 0.3) is 11.6 Å². The fourth-order valence-electron chi connectivity index (χ4n) is 28.4. The summed E-state index contributed by atoms with van der Waals surface area (Å²) in [6, 6.07) is 33.1. The van der Waals surface area contributed by atoms with E-state index in [-0.39, 0.29) is 0 Å². The van der Waals surface area contributed by atoms with Gasteiger partial charge in [0.2, 0.25) is 30.6 Å². The molecule has 0 N–H and O–H groups in total. The Morgan fingerprint density at radius 1 is 0.276 bits per heavy atom. The lowest BCUT2D eigenvalue weighted by molar-refractivity contribution is -0.402. The van der Waals surface area contributed by atoms with Crippen LogP contribution in [0.3, 0.4) is 0 Å². The molecule has 13 heteroatoms. The maximum atomic E-state index is 10.8. The number of hydrogen-bond acceptors (Lipinski definition) is 9. The van der Waals surface area contributed by atoms with Crippen molar-refractivity contribution in [1.82, 2.24) is 0 Å². The maximum Gasteiger partial charge on any atom is 0.257 e. The van der Waals surface area contributed by atoms with Crippen LogP contribution in [-0.4, -0.2) is 41.8 Å². The third-order valence-electron chi connectivity index (χ3n) is 30.4. The number of ether oxygens (including phenoxy) is 2. The molecular formula is C92H51ClO9Si3. The van der Waals surface area contributed by atoms with Crippen LogP contribution in [0, 0.1) is 0 Å². The topological polar surface area (TPSA) is 83.1 Å². The highest BCUT2D eigenvalue weighted by atomic mass is 35.5. The van der Waals surface area contributed by atoms with Gasteiger partial charge in [0, 0.05) is 88.3 Å². The fourth-order valence-corrected chi connectivity index (χ4v) is 35.4. The van der Waals surface area contributed by atoms with Crippen molar-refractivity contribution in [2.75, 3.05) is 0 Å². The summed E-state index contributed by atoms with van der Waals surface area (Å²) in [5.74, 6) is -2.48. The van der Waals surface area contributed by atoms with Gasteiger partial charge in [-0.15, -0.1) is 11.6 Å². The van der Waals surface area contributed by atoms with Gasteiger partial charge in [0.05, 0.1) is 11.2 Å². The van der Waals surface area contributed by atoms with Gasteiger partial charge in [-0.05, 0) is 290 Å². The molecule has 4 aliphatic heterocycles. The minimum absolute atomic E-state index is 0.510. The molecule has 35 rings (SSSR count). The zero-order valence-corrected chi connectivity index (χ0v) is 62.5. The van der Waals surface area contributed by atoms with Crippen LogP contribution in [0.25, 0.3) is 215 Å². The quantitative estimate of drug-likeness (QED) is 0.0368. The van der Waals surface area contributed by atoms with E-state index < -0.39 is 69.4 Å². The average Bonchev–Trinajstić information content (AvgIpc) is 1.38. The molecule has 492 valence electrons. The number of hydrogen-bond donors (Lipinski definition) is 0. The number of halogens is 1. The van der Waals surface area contributed by atoms with E-state index in [1.807, 2.05) is 0 Å². The van der Waals surface area contributed by atoms with E-state index in [0.717, 1.165) is 82.3 Å². The molecule has 0 aromatic heterocycles. The lowest BCUT2D eigenvalue weighted by Crippen LogP contribution is -2.61. The zero-order chi connectivity index (χ0) is 68.4. The summed E-state index contributed by atoms with van der Waals surface area (Å²) in [7, 11) is -10.2. The molecule has 0 saturated carbocycles. The Morgan fingerprint density at radius 3 is 0.743 bits per heavy atom. The van der Waals surface area contributed by atoms with Crippen LogP contribution >= 0.6 is 11.6 Å². The second-order valence-corrected chi connectivity index (χ2v) is 49.8. The molecule has 0 amide bonds. The van der Waals surface area contributed by atoms with Crippen LogP contribution in [0.1, 0.15) is 97.2 Å². The molecule has 4 heterocycles. The van der Waals surface area contributed by atoms with Gasteiger partial charge in [-0.3, -0.25) is 0 Å². The second-order valence-electron chi connectivity index (χ2n) is 37.8. The lowest BCUT2D eigenvalue weighted by atomic mass is 9.63. The van der Waals surface area contributed by atoms with Crippen LogP contribution in [0.5, 0.6) is 0 Å². The summed E-state index contributed by atoms with van der Waals surface area (Å²) >= 11 is 10.8. The maximum absolute atomic E-state index is 10.8. The van der Waals surface area contributed by atoms with Crippen molar-refractivity contribution in [3.63, 3.8) is 0 Å². The molecule has 0 fully saturated rings. The van der Waals surface area contributed by atoms with E-state index in [1.165, 1.54) is 215 Å². The zero-order valence-electron chi connectivity index (χ0n) is 58.7. The molecule has 24 aromatic carbocycles. The van der Waals surface area contributed by atoms with Gasteiger partial charge < -0.3 is 22.8 Å².